The lowest BCUT2D eigenvalue weighted by atomic mass is 9.84. The number of nitrogens with zero attached hydrogens (tertiary/aromatic N) is 1. The van der Waals surface area contributed by atoms with E-state index in [0.29, 0.717) is 11.3 Å². The Hall–Kier alpha value is -3.16. The Labute approximate surface area is 208 Å². The molecule has 2 N–H and O–H groups in total. The fourth-order valence-electron chi connectivity index (χ4n) is 4.49. The van der Waals surface area contributed by atoms with Gasteiger partial charge in [-0.3, -0.25) is 9.52 Å². The van der Waals surface area contributed by atoms with Crippen molar-refractivity contribution in [2.75, 3.05) is 24.9 Å². The van der Waals surface area contributed by atoms with E-state index in [1.807, 2.05) is 6.92 Å². The molecule has 1 aliphatic rings. The minimum Gasteiger partial charge on any atom is -0.349 e. The van der Waals surface area contributed by atoms with E-state index in [1.54, 1.807) is 48.5 Å². The second kappa shape index (κ2) is 10.2. The van der Waals surface area contributed by atoms with Gasteiger partial charge < -0.3 is 10.2 Å². The molecular formula is C28H33N3O3S. The first-order chi connectivity index (χ1) is 16.6. The van der Waals surface area contributed by atoms with Gasteiger partial charge in [0.1, 0.15) is 0 Å². The van der Waals surface area contributed by atoms with Gasteiger partial charge in [0.15, 0.2) is 0 Å². The monoisotopic (exact) mass is 491 g/mol. The third-order valence-electron chi connectivity index (χ3n) is 6.82. The second-order valence-electron chi connectivity index (χ2n) is 9.58. The van der Waals surface area contributed by atoms with Gasteiger partial charge in [-0.05, 0) is 93.9 Å². The van der Waals surface area contributed by atoms with Crippen LogP contribution in [-0.4, -0.2) is 45.4 Å². The Morgan fingerprint density at radius 3 is 2.26 bits per heavy atom. The van der Waals surface area contributed by atoms with Crippen LogP contribution in [0.1, 0.15) is 45.0 Å². The van der Waals surface area contributed by atoms with Crippen molar-refractivity contribution in [3.8, 4) is 0 Å². The first-order valence-corrected chi connectivity index (χ1v) is 13.4. The number of carbonyl (C=O) groups is 1. The van der Waals surface area contributed by atoms with Crippen LogP contribution in [-0.2, 0) is 10.0 Å². The molecule has 3 aromatic rings. The Balaban J connectivity index is 1.46. The Morgan fingerprint density at radius 1 is 0.914 bits per heavy atom. The second-order valence-corrected chi connectivity index (χ2v) is 11.3. The number of hydrogen-bond donors (Lipinski definition) is 2. The van der Waals surface area contributed by atoms with Gasteiger partial charge in [0.25, 0.3) is 15.9 Å². The summed E-state index contributed by atoms with van der Waals surface area (Å²) in [6.45, 7) is 7.94. The molecule has 1 saturated heterocycles. The summed E-state index contributed by atoms with van der Waals surface area (Å²) in [6, 6.07) is 19.8. The molecule has 4 rings (SSSR count). The number of hydrogen-bond acceptors (Lipinski definition) is 4. The van der Waals surface area contributed by atoms with Crippen molar-refractivity contribution in [2.45, 2.75) is 44.0 Å². The maximum atomic E-state index is 13.1. The average Bonchev–Trinajstić information content (AvgIpc) is 2.82. The minimum absolute atomic E-state index is 0.0283. The van der Waals surface area contributed by atoms with E-state index in [0.717, 1.165) is 25.1 Å². The zero-order valence-corrected chi connectivity index (χ0v) is 21.5. The molecule has 35 heavy (non-hydrogen) atoms. The summed E-state index contributed by atoms with van der Waals surface area (Å²) in [5, 5.41) is 3.23. The average molecular weight is 492 g/mol. The van der Waals surface area contributed by atoms with Gasteiger partial charge in [-0.25, -0.2) is 8.42 Å². The molecule has 2 atom stereocenters. The van der Waals surface area contributed by atoms with Crippen LogP contribution in [0.2, 0.25) is 0 Å². The number of aryl methyl sites for hydroxylation is 3. The Kier molecular flexibility index (Phi) is 7.28. The van der Waals surface area contributed by atoms with Crippen molar-refractivity contribution in [1.82, 2.24) is 10.2 Å². The molecule has 1 aliphatic heterocycles. The van der Waals surface area contributed by atoms with Gasteiger partial charge in [0, 0.05) is 29.8 Å². The molecule has 7 heteroatoms. The molecule has 1 amide bonds. The molecule has 184 valence electrons. The summed E-state index contributed by atoms with van der Waals surface area (Å²) < 4.78 is 27.9. The van der Waals surface area contributed by atoms with E-state index in [4.69, 9.17) is 0 Å². The molecule has 2 unspecified atom stereocenters. The van der Waals surface area contributed by atoms with E-state index in [2.05, 4.69) is 54.0 Å². The van der Waals surface area contributed by atoms with Crippen LogP contribution in [0.15, 0.2) is 71.6 Å². The molecular weight excluding hydrogens is 458 g/mol. The highest BCUT2D eigenvalue weighted by atomic mass is 32.2. The Morgan fingerprint density at radius 2 is 1.60 bits per heavy atom. The molecule has 0 bridgehead atoms. The van der Waals surface area contributed by atoms with Gasteiger partial charge in [0.05, 0.1) is 4.90 Å². The van der Waals surface area contributed by atoms with E-state index >= 15 is 0 Å². The summed E-state index contributed by atoms with van der Waals surface area (Å²) >= 11 is 0. The van der Waals surface area contributed by atoms with E-state index in [1.165, 1.54) is 16.7 Å². The van der Waals surface area contributed by atoms with Crippen molar-refractivity contribution in [3.63, 3.8) is 0 Å². The molecule has 1 fully saturated rings. The number of piperidine rings is 1. The van der Waals surface area contributed by atoms with Crippen molar-refractivity contribution in [2.24, 2.45) is 0 Å². The van der Waals surface area contributed by atoms with Crippen LogP contribution in [0, 0.1) is 20.8 Å². The standard InChI is InChI=1S/C28H33N3O3S/c1-19-5-13-25(14-6-19)35(33,34)30-24-11-9-22(10-12-24)28(32)29-27-15-16-31(4)18-26(27)23-8-7-20(2)21(3)17-23/h5-14,17,26-27,30H,15-16,18H2,1-4H3,(H,29,32). The summed E-state index contributed by atoms with van der Waals surface area (Å²) in [7, 11) is -1.58. The molecule has 0 aliphatic carbocycles. The van der Waals surface area contributed by atoms with E-state index in [-0.39, 0.29) is 22.8 Å². The number of rotatable bonds is 6. The number of likely N-dealkylation sites (N-methyl/N-ethyl adjacent to an activating group) is 1. The van der Waals surface area contributed by atoms with Crippen LogP contribution in [0.25, 0.3) is 0 Å². The number of nitrogens with one attached hydrogen (secondary N) is 2. The first-order valence-electron chi connectivity index (χ1n) is 11.9. The first kappa shape index (κ1) is 24.9. The predicted octanol–water partition coefficient (Wildman–Crippen LogP) is 4.63. The Bertz CT molecular complexity index is 1300. The molecule has 0 radical (unpaired) electrons. The molecule has 0 spiro atoms. The minimum atomic E-state index is -3.69. The van der Waals surface area contributed by atoms with Crippen LogP contribution < -0.4 is 10.0 Å². The van der Waals surface area contributed by atoms with Crippen LogP contribution in [0.3, 0.4) is 0 Å². The summed E-state index contributed by atoms with van der Waals surface area (Å²) in [6.07, 6.45) is 0.869. The van der Waals surface area contributed by atoms with Crippen LogP contribution in [0.5, 0.6) is 0 Å². The lowest BCUT2D eigenvalue weighted by Crippen LogP contribution is -2.48. The van der Waals surface area contributed by atoms with Crippen molar-refractivity contribution >= 4 is 21.6 Å². The third-order valence-corrected chi connectivity index (χ3v) is 8.22. The molecule has 6 nitrogen and oxygen atoms in total. The van der Waals surface area contributed by atoms with Crippen molar-refractivity contribution < 1.29 is 13.2 Å². The highest BCUT2D eigenvalue weighted by molar-refractivity contribution is 7.92. The molecule has 3 aromatic carbocycles. The highest BCUT2D eigenvalue weighted by Crippen LogP contribution is 2.29. The summed E-state index contributed by atoms with van der Waals surface area (Å²) in [4.78, 5) is 15.6. The molecule has 1 heterocycles. The number of sulfonamides is 1. The van der Waals surface area contributed by atoms with Crippen LogP contribution >= 0.6 is 0 Å². The summed E-state index contributed by atoms with van der Waals surface area (Å²) in [5.74, 6) is 0.0546. The fraction of sp³-hybridized carbons (Fsp3) is 0.321. The number of likely N-dealkylation sites (tertiary alicyclic amines) is 1. The maximum Gasteiger partial charge on any atom is 0.261 e. The molecule has 0 aromatic heterocycles. The van der Waals surface area contributed by atoms with Crippen molar-refractivity contribution in [1.29, 1.82) is 0 Å². The normalized spacial score (nSPS) is 18.7. The van der Waals surface area contributed by atoms with Crippen LogP contribution in [0.4, 0.5) is 5.69 Å². The number of carbonyl (C=O) groups excluding carboxylic acids is 1. The lowest BCUT2D eigenvalue weighted by Gasteiger charge is -2.37. The quantitative estimate of drug-likeness (QED) is 0.527. The largest absolute Gasteiger partial charge is 0.349 e. The smallest absolute Gasteiger partial charge is 0.261 e. The third kappa shape index (κ3) is 5.92. The number of anilines is 1. The van der Waals surface area contributed by atoms with E-state index in [9.17, 15) is 13.2 Å². The zero-order valence-electron chi connectivity index (χ0n) is 20.7. The van der Waals surface area contributed by atoms with Gasteiger partial charge in [-0.15, -0.1) is 0 Å². The topological polar surface area (TPSA) is 78.5 Å². The highest BCUT2D eigenvalue weighted by Gasteiger charge is 2.30. The SMILES string of the molecule is Cc1ccc(S(=O)(=O)Nc2ccc(C(=O)NC3CCN(C)CC3c3ccc(C)c(C)c3)cc2)cc1. The number of benzene rings is 3. The zero-order chi connectivity index (χ0) is 25.2. The van der Waals surface area contributed by atoms with Gasteiger partial charge in [0.2, 0.25) is 0 Å². The maximum absolute atomic E-state index is 13.1. The van der Waals surface area contributed by atoms with Gasteiger partial charge in [-0.2, -0.15) is 0 Å². The van der Waals surface area contributed by atoms with Gasteiger partial charge >= 0.3 is 0 Å². The predicted molar refractivity (Wildman–Crippen MR) is 140 cm³/mol. The van der Waals surface area contributed by atoms with Gasteiger partial charge in [-0.1, -0.05) is 35.9 Å². The molecule has 0 saturated carbocycles. The number of amides is 1. The fourth-order valence-corrected chi connectivity index (χ4v) is 5.55. The summed E-state index contributed by atoms with van der Waals surface area (Å²) in [5.41, 5.74) is 5.66. The van der Waals surface area contributed by atoms with Crippen molar-refractivity contribution in [3.05, 3.63) is 94.5 Å². The van der Waals surface area contributed by atoms with E-state index < -0.39 is 10.0 Å². The lowest BCUT2D eigenvalue weighted by molar-refractivity contribution is 0.0904.